The average Bonchev–Trinajstić information content (AvgIpc) is 2.40. The maximum absolute atomic E-state index is 12.7. The molecule has 1 amide bonds. The van der Waals surface area contributed by atoms with E-state index in [0.29, 0.717) is 36.3 Å². The summed E-state index contributed by atoms with van der Waals surface area (Å²) < 4.78 is 5.43. The van der Waals surface area contributed by atoms with Crippen molar-refractivity contribution in [1.29, 1.82) is 0 Å². The highest BCUT2D eigenvalue weighted by atomic mass is 35.5. The van der Waals surface area contributed by atoms with Crippen LogP contribution >= 0.6 is 11.6 Å². The van der Waals surface area contributed by atoms with Crippen molar-refractivity contribution >= 4 is 23.3 Å². The summed E-state index contributed by atoms with van der Waals surface area (Å²) in [6.07, 6.45) is 0. The Labute approximate surface area is 124 Å². The van der Waals surface area contributed by atoms with Gasteiger partial charge in [0.15, 0.2) is 0 Å². The number of morpholine rings is 1. The van der Waals surface area contributed by atoms with Crippen molar-refractivity contribution in [1.82, 2.24) is 9.88 Å². The number of carbonyl (C=O) groups excluding carboxylic acids is 1. The van der Waals surface area contributed by atoms with Crippen LogP contribution in [0.4, 0.5) is 5.82 Å². The average molecular weight is 298 g/mol. The molecule has 0 spiro atoms. The number of rotatable bonds is 3. The summed E-state index contributed by atoms with van der Waals surface area (Å²) in [4.78, 5) is 18.8. The SMILES string of the molecule is CCNc1ccc(Cl)c(C(=O)N2CCOCC2(C)C)n1. The summed E-state index contributed by atoms with van der Waals surface area (Å²) in [5.41, 5.74) is -0.0609. The Morgan fingerprint density at radius 3 is 2.95 bits per heavy atom. The van der Waals surface area contributed by atoms with E-state index in [1.165, 1.54) is 0 Å². The molecule has 1 fully saturated rings. The summed E-state index contributed by atoms with van der Waals surface area (Å²) in [5.74, 6) is 0.509. The van der Waals surface area contributed by atoms with Gasteiger partial charge in [-0.15, -0.1) is 0 Å². The van der Waals surface area contributed by atoms with Gasteiger partial charge >= 0.3 is 0 Å². The largest absolute Gasteiger partial charge is 0.377 e. The molecule has 0 atom stereocenters. The highest BCUT2D eigenvalue weighted by Crippen LogP contribution is 2.25. The molecule has 1 aliphatic heterocycles. The number of amides is 1. The third-order valence-corrected chi connectivity index (χ3v) is 3.60. The fourth-order valence-corrected chi connectivity index (χ4v) is 2.42. The third kappa shape index (κ3) is 3.04. The number of pyridine rings is 1. The van der Waals surface area contributed by atoms with Crippen molar-refractivity contribution in [3.05, 3.63) is 22.8 Å². The first-order chi connectivity index (χ1) is 9.45. The number of hydrogen-bond donors (Lipinski definition) is 1. The van der Waals surface area contributed by atoms with E-state index in [-0.39, 0.29) is 11.4 Å². The van der Waals surface area contributed by atoms with E-state index in [2.05, 4.69) is 10.3 Å². The van der Waals surface area contributed by atoms with E-state index in [0.717, 1.165) is 6.54 Å². The van der Waals surface area contributed by atoms with Gasteiger partial charge in [-0.3, -0.25) is 4.79 Å². The van der Waals surface area contributed by atoms with Crippen molar-refractivity contribution in [3.8, 4) is 0 Å². The first-order valence-electron chi connectivity index (χ1n) is 6.76. The Hall–Kier alpha value is -1.33. The topological polar surface area (TPSA) is 54.5 Å². The first-order valence-corrected chi connectivity index (χ1v) is 7.13. The number of ether oxygens (including phenoxy) is 1. The zero-order valence-corrected chi connectivity index (χ0v) is 12.8. The monoisotopic (exact) mass is 297 g/mol. The molecule has 1 aliphatic rings. The predicted molar refractivity (Wildman–Crippen MR) is 79.3 cm³/mol. The molecule has 2 heterocycles. The zero-order chi connectivity index (χ0) is 14.8. The number of nitrogens with one attached hydrogen (secondary N) is 1. The molecule has 0 unspecified atom stereocenters. The molecule has 110 valence electrons. The van der Waals surface area contributed by atoms with Gasteiger partial charge in [-0.25, -0.2) is 4.98 Å². The molecule has 1 aromatic heterocycles. The standard InChI is InChI=1S/C14H20ClN3O2/c1-4-16-11-6-5-10(15)12(17-11)13(19)18-7-8-20-9-14(18,2)3/h5-6H,4,7-9H2,1-3H3,(H,16,17). The summed E-state index contributed by atoms with van der Waals surface area (Å²) in [5, 5.41) is 3.46. The lowest BCUT2D eigenvalue weighted by atomic mass is 10.0. The minimum atomic E-state index is -0.353. The minimum absolute atomic E-state index is 0.150. The lowest BCUT2D eigenvalue weighted by molar-refractivity contribution is -0.0373. The van der Waals surface area contributed by atoms with Gasteiger partial charge in [-0.2, -0.15) is 0 Å². The maximum Gasteiger partial charge on any atom is 0.274 e. The molecular formula is C14H20ClN3O2. The van der Waals surface area contributed by atoms with Crippen molar-refractivity contribution in [2.75, 3.05) is 31.6 Å². The van der Waals surface area contributed by atoms with Crippen LogP contribution in [-0.2, 0) is 4.74 Å². The van der Waals surface area contributed by atoms with Gasteiger partial charge in [0.1, 0.15) is 11.5 Å². The highest BCUT2D eigenvalue weighted by molar-refractivity contribution is 6.33. The highest BCUT2D eigenvalue weighted by Gasteiger charge is 2.35. The lowest BCUT2D eigenvalue weighted by Gasteiger charge is -2.42. The Kier molecular flexibility index (Phi) is 4.50. The van der Waals surface area contributed by atoms with Gasteiger partial charge in [0, 0.05) is 13.1 Å². The zero-order valence-electron chi connectivity index (χ0n) is 12.1. The predicted octanol–water partition coefficient (Wildman–Crippen LogP) is 2.42. The van der Waals surface area contributed by atoms with Crippen molar-refractivity contribution in [2.45, 2.75) is 26.3 Å². The number of carbonyl (C=O) groups is 1. The lowest BCUT2D eigenvalue weighted by Crippen LogP contribution is -2.55. The van der Waals surface area contributed by atoms with Gasteiger partial charge in [0.2, 0.25) is 0 Å². The van der Waals surface area contributed by atoms with Gasteiger partial charge < -0.3 is 15.0 Å². The van der Waals surface area contributed by atoms with Crippen LogP contribution in [0.5, 0.6) is 0 Å². The van der Waals surface area contributed by atoms with Crippen LogP contribution in [0.2, 0.25) is 5.02 Å². The first kappa shape index (κ1) is 15.1. The molecular weight excluding hydrogens is 278 g/mol. The van der Waals surface area contributed by atoms with Gasteiger partial charge in [0.25, 0.3) is 5.91 Å². The molecule has 0 bridgehead atoms. The van der Waals surface area contributed by atoms with Crippen LogP contribution in [0.25, 0.3) is 0 Å². The Morgan fingerprint density at radius 1 is 1.55 bits per heavy atom. The van der Waals surface area contributed by atoms with Crippen LogP contribution < -0.4 is 5.32 Å². The molecule has 5 nitrogen and oxygen atoms in total. The molecule has 0 radical (unpaired) electrons. The number of aromatic nitrogens is 1. The molecule has 6 heteroatoms. The van der Waals surface area contributed by atoms with E-state index in [4.69, 9.17) is 16.3 Å². The molecule has 0 aliphatic carbocycles. The number of nitrogens with zero attached hydrogens (tertiary/aromatic N) is 2. The van der Waals surface area contributed by atoms with Crippen molar-refractivity contribution < 1.29 is 9.53 Å². The van der Waals surface area contributed by atoms with Crippen LogP contribution in [0.1, 0.15) is 31.3 Å². The normalized spacial score (nSPS) is 17.9. The quantitative estimate of drug-likeness (QED) is 0.931. The second-order valence-corrected chi connectivity index (χ2v) is 5.79. The van der Waals surface area contributed by atoms with E-state index in [9.17, 15) is 4.79 Å². The second kappa shape index (κ2) is 5.97. The van der Waals surface area contributed by atoms with E-state index in [1.54, 1.807) is 17.0 Å². The van der Waals surface area contributed by atoms with Gasteiger partial charge in [-0.1, -0.05) is 11.6 Å². The summed E-state index contributed by atoms with van der Waals surface area (Å²) in [6.45, 7) is 8.28. The molecule has 2 rings (SSSR count). The molecule has 0 aromatic carbocycles. The molecule has 20 heavy (non-hydrogen) atoms. The second-order valence-electron chi connectivity index (χ2n) is 5.38. The van der Waals surface area contributed by atoms with Gasteiger partial charge in [0.05, 0.1) is 23.8 Å². The van der Waals surface area contributed by atoms with E-state index >= 15 is 0 Å². The van der Waals surface area contributed by atoms with Crippen LogP contribution in [0.3, 0.4) is 0 Å². The Morgan fingerprint density at radius 2 is 2.30 bits per heavy atom. The fraction of sp³-hybridized carbons (Fsp3) is 0.571. The van der Waals surface area contributed by atoms with Crippen LogP contribution in [-0.4, -0.2) is 47.6 Å². The van der Waals surface area contributed by atoms with Crippen LogP contribution in [0, 0.1) is 0 Å². The Balaban J connectivity index is 2.30. The minimum Gasteiger partial charge on any atom is -0.377 e. The fourth-order valence-electron chi connectivity index (χ4n) is 2.23. The van der Waals surface area contributed by atoms with Crippen LogP contribution in [0.15, 0.2) is 12.1 Å². The Bertz CT molecular complexity index is 505. The van der Waals surface area contributed by atoms with Gasteiger partial charge in [-0.05, 0) is 32.9 Å². The smallest absolute Gasteiger partial charge is 0.274 e. The molecule has 1 N–H and O–H groups in total. The van der Waals surface area contributed by atoms with E-state index < -0.39 is 0 Å². The number of hydrogen-bond acceptors (Lipinski definition) is 4. The molecule has 0 saturated carbocycles. The van der Waals surface area contributed by atoms with E-state index in [1.807, 2.05) is 20.8 Å². The maximum atomic E-state index is 12.7. The number of halogens is 1. The third-order valence-electron chi connectivity index (χ3n) is 3.30. The number of anilines is 1. The van der Waals surface area contributed by atoms with Crippen molar-refractivity contribution in [2.24, 2.45) is 0 Å². The summed E-state index contributed by atoms with van der Waals surface area (Å²) >= 11 is 6.13. The molecule has 1 saturated heterocycles. The molecule has 1 aromatic rings. The van der Waals surface area contributed by atoms with Crippen molar-refractivity contribution in [3.63, 3.8) is 0 Å². The summed E-state index contributed by atoms with van der Waals surface area (Å²) in [7, 11) is 0. The summed E-state index contributed by atoms with van der Waals surface area (Å²) in [6, 6.07) is 3.47.